The van der Waals surface area contributed by atoms with Gasteiger partial charge in [-0.15, -0.1) is 0 Å². The fourth-order valence-corrected chi connectivity index (χ4v) is 6.29. The highest BCUT2D eigenvalue weighted by Crippen LogP contribution is 2.60. The van der Waals surface area contributed by atoms with E-state index in [-0.39, 0.29) is 5.91 Å². The molecule has 3 aromatic rings. The lowest BCUT2D eigenvalue weighted by molar-refractivity contribution is -0.118. The van der Waals surface area contributed by atoms with Crippen LogP contribution in [0, 0.1) is 0 Å². The zero-order valence-corrected chi connectivity index (χ0v) is 16.6. The Kier molecular flexibility index (Phi) is 5.68. The summed E-state index contributed by atoms with van der Waals surface area (Å²) in [5, 5.41) is 7.02. The third-order valence-corrected chi connectivity index (χ3v) is 7.45. The molecule has 1 unspecified atom stereocenters. The molecule has 0 heterocycles. The molecule has 140 valence electrons. The zero-order valence-electron chi connectivity index (χ0n) is 15.8. The van der Waals surface area contributed by atoms with Gasteiger partial charge in [-0.1, -0.05) is 108 Å². The van der Waals surface area contributed by atoms with Crippen LogP contribution >= 0.6 is 10.4 Å². The minimum absolute atomic E-state index is 0.0397. The van der Waals surface area contributed by atoms with Crippen molar-refractivity contribution in [3.05, 3.63) is 108 Å². The Balaban J connectivity index is 2.38. The van der Waals surface area contributed by atoms with E-state index in [0.717, 1.165) is 16.7 Å². The van der Waals surface area contributed by atoms with Crippen molar-refractivity contribution in [3.8, 4) is 0 Å². The van der Waals surface area contributed by atoms with Crippen molar-refractivity contribution in [1.82, 2.24) is 4.72 Å². The predicted molar refractivity (Wildman–Crippen MR) is 115 cm³/mol. The molecule has 0 aromatic heterocycles. The molecule has 3 nitrogen and oxygen atoms in total. The Hall–Kier alpha value is -2.56. The third kappa shape index (κ3) is 3.51. The molecule has 1 amide bonds. The van der Waals surface area contributed by atoms with E-state index in [9.17, 15) is 4.79 Å². The van der Waals surface area contributed by atoms with Crippen LogP contribution in [0.25, 0.3) is 0 Å². The van der Waals surface area contributed by atoms with E-state index in [1.54, 1.807) is 0 Å². The van der Waals surface area contributed by atoms with Gasteiger partial charge in [0, 0.05) is 6.42 Å². The maximum absolute atomic E-state index is 12.4. The standard InChI is InChI=1S/C23H26N2OS/c1-3-22(26)25-27(2,24)23(19-13-7-4-8-14-19,20-15-9-5-10-16-20)21-17-11-6-12-18-21/h4-18H,3,24H2,1-2H3,(H,25,26). The monoisotopic (exact) mass is 378 g/mol. The molecule has 0 bridgehead atoms. The van der Waals surface area contributed by atoms with Crippen LogP contribution in [0.15, 0.2) is 91.0 Å². The van der Waals surface area contributed by atoms with Gasteiger partial charge in [0.15, 0.2) is 0 Å². The molecule has 3 N–H and O–H groups in total. The van der Waals surface area contributed by atoms with E-state index in [1.165, 1.54) is 0 Å². The molecule has 1 atom stereocenters. The van der Waals surface area contributed by atoms with Crippen molar-refractivity contribution >= 4 is 16.3 Å². The lowest BCUT2D eigenvalue weighted by Gasteiger charge is -2.51. The van der Waals surface area contributed by atoms with Gasteiger partial charge in [0.25, 0.3) is 0 Å². The van der Waals surface area contributed by atoms with Crippen LogP contribution < -0.4 is 9.86 Å². The first kappa shape index (κ1) is 19.2. The summed E-state index contributed by atoms with van der Waals surface area (Å²) in [6.07, 6.45) is 2.38. The summed E-state index contributed by atoms with van der Waals surface area (Å²) in [6, 6.07) is 30.7. The number of nitrogens with two attached hydrogens (primary N) is 1. The molecule has 4 heteroatoms. The second-order valence-corrected chi connectivity index (χ2v) is 9.42. The van der Waals surface area contributed by atoms with E-state index in [1.807, 2.05) is 67.8 Å². The van der Waals surface area contributed by atoms with Gasteiger partial charge in [-0.25, -0.2) is 0 Å². The zero-order chi connectivity index (χ0) is 19.3. The summed E-state index contributed by atoms with van der Waals surface area (Å²) in [7, 11) is -2.15. The Bertz CT molecular complexity index is 783. The number of benzene rings is 3. The van der Waals surface area contributed by atoms with Gasteiger partial charge in [-0.05, 0) is 22.9 Å². The average molecular weight is 379 g/mol. The third-order valence-electron chi connectivity index (χ3n) is 4.82. The molecule has 0 aliphatic rings. The Morgan fingerprint density at radius 2 is 1.15 bits per heavy atom. The summed E-state index contributed by atoms with van der Waals surface area (Å²) in [6.45, 7) is 1.85. The molecule has 0 fully saturated rings. The van der Waals surface area contributed by atoms with Crippen molar-refractivity contribution < 1.29 is 4.79 Å². The Labute approximate surface area is 163 Å². The lowest BCUT2D eigenvalue weighted by Crippen LogP contribution is -2.47. The molecule has 3 rings (SSSR count). The van der Waals surface area contributed by atoms with Gasteiger partial charge in [0.2, 0.25) is 5.91 Å². The molecule has 0 saturated carbocycles. The quantitative estimate of drug-likeness (QED) is 0.609. The van der Waals surface area contributed by atoms with Crippen molar-refractivity contribution in [2.24, 2.45) is 5.14 Å². The first-order valence-corrected chi connectivity index (χ1v) is 11.2. The maximum atomic E-state index is 12.4. The molecule has 0 spiro atoms. The highest BCUT2D eigenvalue weighted by molar-refractivity contribution is 8.31. The van der Waals surface area contributed by atoms with E-state index >= 15 is 0 Å². The van der Waals surface area contributed by atoms with Crippen molar-refractivity contribution in [2.75, 3.05) is 6.26 Å². The summed E-state index contributed by atoms with van der Waals surface area (Å²) in [4.78, 5) is 12.4. The SMILES string of the molecule is CCC(=O)NS(C)(N)C(c1ccccc1)(c1ccccc1)c1ccccc1. The van der Waals surface area contributed by atoms with Gasteiger partial charge in [-0.3, -0.25) is 9.93 Å². The smallest absolute Gasteiger partial charge is 0.229 e. The van der Waals surface area contributed by atoms with E-state index < -0.39 is 15.1 Å². The highest BCUT2D eigenvalue weighted by atomic mass is 32.3. The van der Waals surface area contributed by atoms with E-state index in [4.69, 9.17) is 5.14 Å². The van der Waals surface area contributed by atoms with Crippen LogP contribution in [0.1, 0.15) is 30.0 Å². The normalized spacial score (nSPS) is 14.8. The topological polar surface area (TPSA) is 55.1 Å². The van der Waals surface area contributed by atoms with Gasteiger partial charge >= 0.3 is 0 Å². The molecule has 0 radical (unpaired) electrons. The fraction of sp³-hybridized carbons (Fsp3) is 0.174. The van der Waals surface area contributed by atoms with Crippen LogP contribution in [0.5, 0.6) is 0 Å². The van der Waals surface area contributed by atoms with Gasteiger partial charge in [0.05, 0.1) is 0 Å². The second kappa shape index (κ2) is 7.99. The first-order chi connectivity index (χ1) is 13.0. The van der Waals surface area contributed by atoms with Crippen molar-refractivity contribution in [3.63, 3.8) is 0 Å². The average Bonchev–Trinajstić information content (AvgIpc) is 2.70. The second-order valence-electron chi connectivity index (χ2n) is 6.64. The Morgan fingerprint density at radius 1 is 0.815 bits per heavy atom. The molecular weight excluding hydrogens is 352 g/mol. The van der Waals surface area contributed by atoms with Crippen molar-refractivity contribution in [1.29, 1.82) is 0 Å². The van der Waals surface area contributed by atoms with Crippen LogP contribution in [0.3, 0.4) is 0 Å². The predicted octanol–water partition coefficient (Wildman–Crippen LogP) is 4.73. The van der Waals surface area contributed by atoms with Crippen LogP contribution in [0.4, 0.5) is 0 Å². The number of amides is 1. The molecule has 0 aliphatic heterocycles. The summed E-state index contributed by atoms with van der Waals surface area (Å²) < 4.78 is 2.50. The minimum Gasteiger partial charge on any atom is -0.306 e. The van der Waals surface area contributed by atoms with Crippen LogP contribution in [-0.2, 0) is 9.54 Å². The molecule has 27 heavy (non-hydrogen) atoms. The maximum Gasteiger partial charge on any atom is 0.229 e. The number of hydrogen-bond acceptors (Lipinski definition) is 2. The lowest BCUT2D eigenvalue weighted by atomic mass is 9.84. The van der Waals surface area contributed by atoms with Crippen molar-refractivity contribution in [2.45, 2.75) is 18.1 Å². The summed E-state index contributed by atoms with van der Waals surface area (Å²) in [5.74, 6) is -0.0397. The van der Waals surface area contributed by atoms with Crippen LogP contribution in [-0.4, -0.2) is 12.2 Å². The summed E-state index contributed by atoms with van der Waals surface area (Å²) in [5.41, 5.74) is 3.21. The number of hydrogen-bond donors (Lipinski definition) is 2. The largest absolute Gasteiger partial charge is 0.306 e. The van der Waals surface area contributed by atoms with E-state index in [0.29, 0.717) is 6.42 Å². The minimum atomic E-state index is -2.15. The number of nitrogens with one attached hydrogen (secondary N) is 1. The highest BCUT2D eigenvalue weighted by Gasteiger charge is 2.47. The van der Waals surface area contributed by atoms with Gasteiger partial charge < -0.3 is 4.72 Å². The van der Waals surface area contributed by atoms with Crippen LogP contribution in [0.2, 0.25) is 0 Å². The number of carbonyl (C=O) groups excluding carboxylic acids is 1. The molecule has 3 aromatic carbocycles. The number of rotatable bonds is 6. The first-order valence-electron chi connectivity index (χ1n) is 9.05. The van der Waals surface area contributed by atoms with Gasteiger partial charge in [0.1, 0.15) is 4.75 Å². The molecular formula is C23H26N2OS. The summed E-state index contributed by atoms with van der Waals surface area (Å²) >= 11 is 0. The van der Waals surface area contributed by atoms with Gasteiger partial charge in [-0.2, -0.15) is 0 Å². The fourth-order valence-electron chi connectivity index (χ4n) is 3.64. The van der Waals surface area contributed by atoms with E-state index in [2.05, 4.69) is 41.1 Å². The Morgan fingerprint density at radius 3 is 1.44 bits per heavy atom. The molecule has 0 saturated heterocycles. The molecule has 0 aliphatic carbocycles. The number of carbonyl (C=O) groups is 1.